The number of nitro benzene ring substituents is 1. The minimum Gasteiger partial charge on any atom is -0.488 e. The molecule has 1 heterocycles. The molecular weight excluding hydrogens is 370 g/mol. The van der Waals surface area contributed by atoms with Crippen LogP contribution < -0.4 is 15.4 Å². The SMILES string of the molecule is O=C1NC(=S)NC(=O)C1=Cc1ccccc1OCc1ccc([N+](=O)[O-])cc1. The lowest BCUT2D eigenvalue weighted by Gasteiger charge is -2.17. The summed E-state index contributed by atoms with van der Waals surface area (Å²) in [6.07, 6.45) is 1.41. The third-order valence-corrected chi connectivity index (χ3v) is 3.91. The molecule has 2 aromatic carbocycles. The van der Waals surface area contributed by atoms with E-state index < -0.39 is 16.7 Å². The average Bonchev–Trinajstić information content (AvgIpc) is 2.64. The fourth-order valence-corrected chi connectivity index (χ4v) is 2.55. The Hall–Kier alpha value is -3.59. The molecule has 1 fully saturated rings. The molecule has 1 aliphatic rings. The van der Waals surface area contributed by atoms with Crippen LogP contribution in [0.3, 0.4) is 0 Å². The Morgan fingerprint density at radius 3 is 2.30 bits per heavy atom. The second-order valence-electron chi connectivity index (χ2n) is 5.55. The predicted molar refractivity (Wildman–Crippen MR) is 101 cm³/mol. The van der Waals surface area contributed by atoms with Crippen LogP contribution in [0, 0.1) is 10.1 Å². The van der Waals surface area contributed by atoms with Crippen molar-refractivity contribution in [2.75, 3.05) is 0 Å². The summed E-state index contributed by atoms with van der Waals surface area (Å²) < 4.78 is 5.75. The first kappa shape index (κ1) is 18.2. The lowest BCUT2D eigenvalue weighted by atomic mass is 10.1. The van der Waals surface area contributed by atoms with Crippen molar-refractivity contribution in [3.63, 3.8) is 0 Å². The van der Waals surface area contributed by atoms with Crippen LogP contribution in [0.5, 0.6) is 5.75 Å². The second kappa shape index (κ2) is 7.75. The first-order chi connectivity index (χ1) is 12.9. The van der Waals surface area contributed by atoms with Crippen molar-refractivity contribution < 1.29 is 19.2 Å². The number of hydrogen-bond acceptors (Lipinski definition) is 6. The number of benzene rings is 2. The smallest absolute Gasteiger partial charge is 0.269 e. The summed E-state index contributed by atoms with van der Waals surface area (Å²) in [5.41, 5.74) is 1.18. The molecule has 1 saturated heterocycles. The lowest BCUT2D eigenvalue weighted by molar-refractivity contribution is -0.384. The Bertz CT molecular complexity index is 947. The fourth-order valence-electron chi connectivity index (χ4n) is 2.37. The summed E-state index contributed by atoms with van der Waals surface area (Å²) in [5.74, 6) is -0.722. The minimum atomic E-state index is -0.589. The highest BCUT2D eigenvalue weighted by Gasteiger charge is 2.26. The molecule has 2 aromatic rings. The van der Waals surface area contributed by atoms with Crippen molar-refractivity contribution in [3.8, 4) is 5.75 Å². The van der Waals surface area contributed by atoms with Crippen LogP contribution in [0.1, 0.15) is 11.1 Å². The highest BCUT2D eigenvalue weighted by molar-refractivity contribution is 7.80. The Kier molecular flexibility index (Phi) is 5.23. The quantitative estimate of drug-likeness (QED) is 0.269. The van der Waals surface area contributed by atoms with Gasteiger partial charge < -0.3 is 4.74 Å². The highest BCUT2D eigenvalue weighted by Crippen LogP contribution is 2.23. The number of nitro groups is 1. The molecule has 0 saturated carbocycles. The van der Waals surface area contributed by atoms with Crippen LogP contribution in [0.15, 0.2) is 54.1 Å². The number of hydrogen-bond donors (Lipinski definition) is 2. The molecule has 0 bridgehead atoms. The van der Waals surface area contributed by atoms with Crippen LogP contribution in [0.2, 0.25) is 0 Å². The van der Waals surface area contributed by atoms with Crippen LogP contribution in [0.25, 0.3) is 6.08 Å². The van der Waals surface area contributed by atoms with E-state index in [1.54, 1.807) is 36.4 Å². The monoisotopic (exact) mass is 383 g/mol. The number of thiocarbonyl (C=S) groups is 1. The lowest BCUT2D eigenvalue weighted by Crippen LogP contribution is -2.51. The van der Waals surface area contributed by atoms with Crippen molar-refractivity contribution in [1.82, 2.24) is 10.6 Å². The van der Waals surface area contributed by atoms with Gasteiger partial charge in [0.05, 0.1) is 4.92 Å². The molecule has 2 N–H and O–H groups in total. The molecule has 0 aromatic heterocycles. The molecule has 0 radical (unpaired) electrons. The Labute approximate surface area is 159 Å². The van der Waals surface area contributed by atoms with Gasteiger partial charge in [0.1, 0.15) is 17.9 Å². The molecule has 0 unspecified atom stereocenters. The molecule has 9 heteroatoms. The van der Waals surface area contributed by atoms with E-state index in [9.17, 15) is 19.7 Å². The predicted octanol–water partition coefficient (Wildman–Crippen LogP) is 2.09. The summed E-state index contributed by atoms with van der Waals surface area (Å²) in [6, 6.07) is 12.9. The standard InChI is InChI=1S/C18H13N3O5S/c22-16-14(17(23)20-18(27)19-16)9-12-3-1-2-4-15(12)26-10-11-5-7-13(8-6-11)21(24)25/h1-9H,10H2,(H2,19,20,22,23,27). The van der Waals surface area contributed by atoms with Gasteiger partial charge in [-0.2, -0.15) is 0 Å². The summed E-state index contributed by atoms with van der Waals surface area (Å²) in [5, 5.41) is 15.4. The number of nitrogens with zero attached hydrogens (tertiary/aromatic N) is 1. The van der Waals surface area contributed by atoms with Gasteiger partial charge in [-0.1, -0.05) is 18.2 Å². The molecule has 0 spiro atoms. The van der Waals surface area contributed by atoms with Crippen molar-refractivity contribution >= 4 is 40.9 Å². The number of non-ortho nitro benzene ring substituents is 1. The Morgan fingerprint density at radius 2 is 1.67 bits per heavy atom. The van der Waals surface area contributed by atoms with Crippen molar-refractivity contribution in [2.24, 2.45) is 0 Å². The Morgan fingerprint density at radius 1 is 1.04 bits per heavy atom. The molecule has 0 atom stereocenters. The number of rotatable bonds is 5. The van der Waals surface area contributed by atoms with E-state index >= 15 is 0 Å². The van der Waals surface area contributed by atoms with E-state index in [0.717, 1.165) is 5.56 Å². The number of para-hydroxylation sites is 1. The fraction of sp³-hybridized carbons (Fsp3) is 0.0556. The molecule has 27 heavy (non-hydrogen) atoms. The van der Waals surface area contributed by atoms with E-state index in [1.165, 1.54) is 18.2 Å². The molecule has 2 amide bonds. The molecule has 8 nitrogen and oxygen atoms in total. The van der Waals surface area contributed by atoms with Crippen LogP contribution in [0.4, 0.5) is 5.69 Å². The van der Waals surface area contributed by atoms with Gasteiger partial charge in [0.15, 0.2) is 5.11 Å². The van der Waals surface area contributed by atoms with Gasteiger partial charge in [-0.25, -0.2) is 0 Å². The summed E-state index contributed by atoms with van der Waals surface area (Å²) >= 11 is 4.77. The van der Waals surface area contributed by atoms with E-state index in [0.29, 0.717) is 11.3 Å². The molecular formula is C18H13N3O5S. The topological polar surface area (TPSA) is 111 Å². The van der Waals surface area contributed by atoms with Crippen LogP contribution >= 0.6 is 12.2 Å². The van der Waals surface area contributed by atoms with Crippen LogP contribution in [-0.2, 0) is 16.2 Å². The van der Waals surface area contributed by atoms with Gasteiger partial charge in [0.2, 0.25) is 0 Å². The highest BCUT2D eigenvalue weighted by atomic mass is 32.1. The molecule has 1 aliphatic heterocycles. The van der Waals surface area contributed by atoms with Crippen molar-refractivity contribution in [2.45, 2.75) is 6.61 Å². The summed E-state index contributed by atoms with van der Waals surface area (Å²) in [4.78, 5) is 34.2. The number of nitrogens with one attached hydrogen (secondary N) is 2. The Balaban J connectivity index is 1.79. The number of carbonyl (C=O) groups is 2. The normalized spacial score (nSPS) is 13.6. The van der Waals surface area contributed by atoms with Gasteiger partial charge >= 0.3 is 0 Å². The first-order valence-corrected chi connectivity index (χ1v) is 8.18. The van der Waals surface area contributed by atoms with E-state index in [1.807, 2.05) is 0 Å². The van der Waals surface area contributed by atoms with Gasteiger partial charge in [0, 0.05) is 17.7 Å². The average molecular weight is 383 g/mol. The van der Waals surface area contributed by atoms with Crippen molar-refractivity contribution in [3.05, 3.63) is 75.3 Å². The molecule has 136 valence electrons. The van der Waals surface area contributed by atoms with Crippen molar-refractivity contribution in [1.29, 1.82) is 0 Å². The maximum Gasteiger partial charge on any atom is 0.269 e. The zero-order valence-electron chi connectivity index (χ0n) is 13.8. The van der Waals surface area contributed by atoms with Gasteiger partial charge in [-0.15, -0.1) is 0 Å². The van der Waals surface area contributed by atoms with Gasteiger partial charge in [-0.3, -0.25) is 30.3 Å². The largest absolute Gasteiger partial charge is 0.488 e. The zero-order valence-corrected chi connectivity index (χ0v) is 14.6. The minimum absolute atomic E-state index is 0.00359. The van der Waals surface area contributed by atoms with Crippen LogP contribution in [-0.4, -0.2) is 21.9 Å². The second-order valence-corrected chi connectivity index (χ2v) is 5.95. The number of ether oxygens (including phenoxy) is 1. The third kappa shape index (κ3) is 4.33. The van der Waals surface area contributed by atoms with Gasteiger partial charge in [-0.05, 0) is 42.1 Å². The van der Waals surface area contributed by atoms with E-state index in [2.05, 4.69) is 10.6 Å². The summed E-state index contributed by atoms with van der Waals surface area (Å²) in [6.45, 7) is 0.167. The molecule has 0 aliphatic carbocycles. The first-order valence-electron chi connectivity index (χ1n) is 7.77. The van der Waals surface area contributed by atoms with E-state index in [-0.39, 0.29) is 23.0 Å². The van der Waals surface area contributed by atoms with E-state index in [4.69, 9.17) is 17.0 Å². The maximum atomic E-state index is 12.0. The van der Waals surface area contributed by atoms with Gasteiger partial charge in [0.25, 0.3) is 17.5 Å². The summed E-state index contributed by atoms with van der Waals surface area (Å²) in [7, 11) is 0. The third-order valence-electron chi connectivity index (χ3n) is 3.70. The number of amides is 2. The zero-order chi connectivity index (χ0) is 19.4. The number of carbonyl (C=O) groups excluding carboxylic acids is 2. The molecule has 3 rings (SSSR count). The maximum absolute atomic E-state index is 12.0.